The molecule has 1 aromatic heterocycles. The predicted octanol–water partition coefficient (Wildman–Crippen LogP) is 1.72. The molecule has 96 valence electrons. The van der Waals surface area contributed by atoms with E-state index in [9.17, 15) is 0 Å². The molecule has 0 saturated carbocycles. The Bertz CT molecular complexity index is 311. The van der Waals surface area contributed by atoms with Crippen molar-refractivity contribution in [2.45, 2.75) is 32.9 Å². The third-order valence-electron chi connectivity index (χ3n) is 2.80. The zero-order chi connectivity index (χ0) is 12.7. The van der Waals surface area contributed by atoms with Crippen LogP contribution in [0.15, 0.2) is 18.3 Å². The largest absolute Gasteiger partial charge is 0.396 e. The second kappa shape index (κ2) is 7.25. The highest BCUT2D eigenvalue weighted by atomic mass is 16.3. The van der Waals surface area contributed by atoms with Crippen molar-refractivity contribution in [3.8, 4) is 0 Å². The van der Waals surface area contributed by atoms with E-state index in [1.807, 2.05) is 19.3 Å². The maximum absolute atomic E-state index is 8.88. The van der Waals surface area contributed by atoms with Crippen LogP contribution in [0.1, 0.15) is 25.8 Å². The molecule has 4 nitrogen and oxygen atoms in total. The van der Waals surface area contributed by atoms with Gasteiger partial charge in [0.1, 0.15) is 5.82 Å². The fraction of sp³-hybridized carbons (Fsp3) is 0.615. The lowest BCUT2D eigenvalue weighted by molar-refractivity contribution is 0.184. The van der Waals surface area contributed by atoms with Crippen molar-refractivity contribution < 1.29 is 5.11 Å². The van der Waals surface area contributed by atoms with Gasteiger partial charge in [-0.15, -0.1) is 0 Å². The van der Waals surface area contributed by atoms with Gasteiger partial charge in [-0.3, -0.25) is 4.90 Å². The van der Waals surface area contributed by atoms with Gasteiger partial charge in [0.2, 0.25) is 0 Å². The maximum Gasteiger partial charge on any atom is 0.125 e. The van der Waals surface area contributed by atoms with Crippen LogP contribution in [0, 0.1) is 0 Å². The minimum absolute atomic E-state index is 0.250. The average molecular weight is 237 g/mol. The monoisotopic (exact) mass is 237 g/mol. The minimum atomic E-state index is 0.250. The van der Waals surface area contributed by atoms with E-state index in [4.69, 9.17) is 5.11 Å². The van der Waals surface area contributed by atoms with Crippen molar-refractivity contribution in [2.75, 3.05) is 25.5 Å². The van der Waals surface area contributed by atoms with Crippen LogP contribution in [0.25, 0.3) is 0 Å². The Labute approximate surface area is 104 Å². The number of aromatic nitrogens is 1. The second-order valence-electron chi connectivity index (χ2n) is 4.44. The summed E-state index contributed by atoms with van der Waals surface area (Å²) in [5.74, 6) is 0.889. The van der Waals surface area contributed by atoms with Crippen LogP contribution in [0.4, 0.5) is 5.82 Å². The van der Waals surface area contributed by atoms with Crippen LogP contribution in [0.3, 0.4) is 0 Å². The maximum atomic E-state index is 8.88. The molecule has 0 aromatic carbocycles. The molecule has 0 saturated heterocycles. The van der Waals surface area contributed by atoms with Crippen LogP contribution in [0.5, 0.6) is 0 Å². The Morgan fingerprint density at radius 3 is 2.65 bits per heavy atom. The van der Waals surface area contributed by atoms with E-state index in [0.29, 0.717) is 6.04 Å². The topological polar surface area (TPSA) is 48.4 Å². The Balaban J connectivity index is 2.58. The number of aliphatic hydroxyl groups excluding tert-OH is 1. The predicted molar refractivity (Wildman–Crippen MR) is 71.0 cm³/mol. The molecule has 0 atom stereocenters. The quantitative estimate of drug-likeness (QED) is 0.758. The molecule has 0 radical (unpaired) electrons. The van der Waals surface area contributed by atoms with Gasteiger partial charge in [0.05, 0.1) is 0 Å². The zero-order valence-corrected chi connectivity index (χ0v) is 11.0. The first-order valence-corrected chi connectivity index (χ1v) is 6.15. The summed E-state index contributed by atoms with van der Waals surface area (Å²) >= 11 is 0. The highest BCUT2D eigenvalue weighted by molar-refractivity contribution is 5.34. The van der Waals surface area contributed by atoms with E-state index in [1.54, 1.807) is 0 Å². The van der Waals surface area contributed by atoms with Gasteiger partial charge >= 0.3 is 0 Å². The number of aliphatic hydroxyl groups is 1. The average Bonchev–Trinajstić information content (AvgIpc) is 2.35. The Kier molecular flexibility index (Phi) is 5.94. The molecule has 4 heteroatoms. The van der Waals surface area contributed by atoms with E-state index in [-0.39, 0.29) is 6.61 Å². The van der Waals surface area contributed by atoms with Crippen molar-refractivity contribution in [3.05, 3.63) is 23.9 Å². The molecule has 0 bridgehead atoms. The van der Waals surface area contributed by atoms with Gasteiger partial charge in [0.25, 0.3) is 0 Å². The molecule has 1 heterocycles. The van der Waals surface area contributed by atoms with Crippen LogP contribution in [0.2, 0.25) is 0 Å². The van der Waals surface area contributed by atoms with Gasteiger partial charge in [0.15, 0.2) is 0 Å². The van der Waals surface area contributed by atoms with E-state index < -0.39 is 0 Å². The van der Waals surface area contributed by atoms with E-state index >= 15 is 0 Å². The number of nitrogens with zero attached hydrogens (tertiary/aromatic N) is 2. The van der Waals surface area contributed by atoms with Crippen molar-refractivity contribution in [3.63, 3.8) is 0 Å². The summed E-state index contributed by atoms with van der Waals surface area (Å²) in [5.41, 5.74) is 1.20. The fourth-order valence-electron chi connectivity index (χ4n) is 1.69. The number of hydrogen-bond donors (Lipinski definition) is 2. The zero-order valence-electron chi connectivity index (χ0n) is 11.0. The SMILES string of the molecule is CNc1ccc(CN(CCCO)C(C)C)cn1. The summed E-state index contributed by atoms with van der Waals surface area (Å²) in [7, 11) is 1.86. The fourth-order valence-corrected chi connectivity index (χ4v) is 1.69. The van der Waals surface area contributed by atoms with Crippen molar-refractivity contribution in [2.24, 2.45) is 0 Å². The number of anilines is 1. The number of rotatable bonds is 7. The van der Waals surface area contributed by atoms with Crippen LogP contribution < -0.4 is 5.32 Å². The standard InChI is InChI=1S/C13H23N3O/c1-11(2)16(7-4-8-17)10-12-5-6-13(14-3)15-9-12/h5-6,9,11,17H,4,7-8,10H2,1-3H3,(H,14,15). The summed E-state index contributed by atoms with van der Waals surface area (Å²) in [6, 6.07) is 4.55. The molecule has 17 heavy (non-hydrogen) atoms. The number of pyridine rings is 1. The summed E-state index contributed by atoms with van der Waals surface area (Å²) in [6.07, 6.45) is 2.72. The summed E-state index contributed by atoms with van der Waals surface area (Å²) in [5, 5.41) is 11.9. The van der Waals surface area contributed by atoms with Crippen LogP contribution in [-0.2, 0) is 6.54 Å². The minimum Gasteiger partial charge on any atom is -0.396 e. The van der Waals surface area contributed by atoms with E-state index in [0.717, 1.165) is 25.3 Å². The first-order chi connectivity index (χ1) is 8.17. The van der Waals surface area contributed by atoms with Gasteiger partial charge in [-0.1, -0.05) is 6.07 Å². The van der Waals surface area contributed by atoms with Gasteiger partial charge < -0.3 is 10.4 Å². The molecule has 1 aromatic rings. The molecule has 0 unspecified atom stereocenters. The van der Waals surface area contributed by atoms with Crippen LogP contribution >= 0.6 is 0 Å². The summed E-state index contributed by atoms with van der Waals surface area (Å²) in [6.45, 7) is 6.40. The molecule has 0 aliphatic heterocycles. The van der Waals surface area contributed by atoms with Crippen molar-refractivity contribution in [1.82, 2.24) is 9.88 Å². The molecule has 0 spiro atoms. The molecular formula is C13H23N3O. The Morgan fingerprint density at radius 2 is 2.18 bits per heavy atom. The lowest BCUT2D eigenvalue weighted by Crippen LogP contribution is -2.31. The molecule has 0 fully saturated rings. The highest BCUT2D eigenvalue weighted by Gasteiger charge is 2.09. The first-order valence-electron chi connectivity index (χ1n) is 6.15. The molecule has 2 N–H and O–H groups in total. The Hall–Kier alpha value is -1.13. The highest BCUT2D eigenvalue weighted by Crippen LogP contribution is 2.10. The summed E-state index contributed by atoms with van der Waals surface area (Å²) < 4.78 is 0. The molecule has 0 aliphatic carbocycles. The summed E-state index contributed by atoms with van der Waals surface area (Å²) in [4.78, 5) is 6.64. The van der Waals surface area contributed by atoms with Gasteiger partial charge in [-0.2, -0.15) is 0 Å². The van der Waals surface area contributed by atoms with Gasteiger partial charge in [-0.05, 0) is 31.9 Å². The third kappa shape index (κ3) is 4.71. The third-order valence-corrected chi connectivity index (χ3v) is 2.80. The van der Waals surface area contributed by atoms with Crippen molar-refractivity contribution >= 4 is 5.82 Å². The Morgan fingerprint density at radius 1 is 1.41 bits per heavy atom. The normalized spacial score (nSPS) is 11.2. The second-order valence-corrected chi connectivity index (χ2v) is 4.44. The van der Waals surface area contributed by atoms with Gasteiger partial charge in [-0.25, -0.2) is 4.98 Å². The smallest absolute Gasteiger partial charge is 0.125 e. The van der Waals surface area contributed by atoms with E-state index in [1.165, 1.54) is 5.56 Å². The molecule has 1 rings (SSSR count). The van der Waals surface area contributed by atoms with Gasteiger partial charge in [0, 0.05) is 39.0 Å². The van der Waals surface area contributed by atoms with Crippen LogP contribution in [-0.4, -0.2) is 41.2 Å². The van der Waals surface area contributed by atoms with Crippen molar-refractivity contribution in [1.29, 1.82) is 0 Å². The first kappa shape index (κ1) is 13.9. The van der Waals surface area contributed by atoms with E-state index in [2.05, 4.69) is 35.1 Å². The lowest BCUT2D eigenvalue weighted by Gasteiger charge is -2.26. The molecule has 0 amide bonds. The molecular weight excluding hydrogens is 214 g/mol. The number of nitrogens with one attached hydrogen (secondary N) is 1. The lowest BCUT2D eigenvalue weighted by atomic mass is 10.2. The number of hydrogen-bond acceptors (Lipinski definition) is 4. The molecule has 0 aliphatic rings.